The molecule has 0 bridgehead atoms. The summed E-state index contributed by atoms with van der Waals surface area (Å²) in [6.45, 7) is 2.46. The topological polar surface area (TPSA) is 95.9 Å². The van der Waals surface area contributed by atoms with Crippen LogP contribution < -0.4 is 10.2 Å². The fourth-order valence-electron chi connectivity index (χ4n) is 5.04. The minimum absolute atomic E-state index is 0.0328. The molecule has 0 spiro atoms. The van der Waals surface area contributed by atoms with E-state index in [4.69, 9.17) is 4.74 Å². The van der Waals surface area contributed by atoms with Crippen LogP contribution >= 0.6 is 0 Å². The maximum atomic E-state index is 12.9. The zero-order chi connectivity index (χ0) is 24.5. The maximum Gasteiger partial charge on any atom is 0.407 e. The Labute approximate surface area is 203 Å². The van der Waals surface area contributed by atoms with Gasteiger partial charge in [0, 0.05) is 30.6 Å². The van der Waals surface area contributed by atoms with Gasteiger partial charge in [-0.05, 0) is 53.3 Å². The highest BCUT2D eigenvalue weighted by atomic mass is 16.5. The summed E-state index contributed by atoms with van der Waals surface area (Å²) >= 11 is 0. The van der Waals surface area contributed by atoms with E-state index in [0.29, 0.717) is 18.7 Å². The van der Waals surface area contributed by atoms with Crippen LogP contribution in [0.15, 0.2) is 66.7 Å². The molecule has 7 heteroatoms. The lowest BCUT2D eigenvalue weighted by atomic mass is 9.98. The molecule has 0 aromatic heterocycles. The van der Waals surface area contributed by atoms with Crippen LogP contribution in [0.5, 0.6) is 0 Å². The molecule has 178 valence electrons. The Bertz CT molecular complexity index is 1270. The number of hydrogen-bond acceptors (Lipinski definition) is 4. The highest BCUT2D eigenvalue weighted by molar-refractivity contribution is 5.98. The Kier molecular flexibility index (Phi) is 5.99. The number of ether oxygens (including phenoxy) is 1. The molecular formula is C28H26N2O5. The van der Waals surface area contributed by atoms with E-state index in [1.807, 2.05) is 24.3 Å². The average Bonchev–Trinajstić information content (AvgIpc) is 3.41. The minimum atomic E-state index is -1.03. The first-order chi connectivity index (χ1) is 16.9. The van der Waals surface area contributed by atoms with E-state index in [0.717, 1.165) is 27.8 Å². The number of aromatic carboxylic acids is 1. The first-order valence-corrected chi connectivity index (χ1v) is 11.7. The van der Waals surface area contributed by atoms with Gasteiger partial charge in [0.2, 0.25) is 5.91 Å². The van der Waals surface area contributed by atoms with Crippen molar-refractivity contribution < 1.29 is 24.2 Å². The number of amides is 2. The third kappa shape index (κ3) is 4.37. The third-order valence-electron chi connectivity index (χ3n) is 6.72. The molecule has 3 aromatic rings. The van der Waals surface area contributed by atoms with Crippen LogP contribution in [0.2, 0.25) is 0 Å². The van der Waals surface area contributed by atoms with Crippen LogP contribution in [0, 0.1) is 0 Å². The third-order valence-corrected chi connectivity index (χ3v) is 6.72. The smallest absolute Gasteiger partial charge is 0.407 e. The van der Waals surface area contributed by atoms with Crippen LogP contribution in [0.25, 0.3) is 11.1 Å². The molecule has 7 nitrogen and oxygen atoms in total. The van der Waals surface area contributed by atoms with Gasteiger partial charge in [-0.15, -0.1) is 0 Å². The molecule has 0 saturated carbocycles. The molecule has 3 aromatic carbocycles. The van der Waals surface area contributed by atoms with Gasteiger partial charge in [-0.1, -0.05) is 54.6 Å². The van der Waals surface area contributed by atoms with Crippen molar-refractivity contribution >= 4 is 23.7 Å². The number of rotatable bonds is 6. The lowest BCUT2D eigenvalue weighted by Crippen LogP contribution is -2.39. The second-order valence-electron chi connectivity index (χ2n) is 9.02. The van der Waals surface area contributed by atoms with Gasteiger partial charge in [-0.2, -0.15) is 0 Å². The fourth-order valence-corrected chi connectivity index (χ4v) is 5.04. The summed E-state index contributed by atoms with van der Waals surface area (Å²) in [5.74, 6) is -1.23. The van der Waals surface area contributed by atoms with E-state index < -0.39 is 18.1 Å². The van der Waals surface area contributed by atoms with Crippen LogP contribution in [0.4, 0.5) is 10.5 Å². The summed E-state index contributed by atoms with van der Waals surface area (Å²) < 4.78 is 5.58. The van der Waals surface area contributed by atoms with Gasteiger partial charge >= 0.3 is 12.1 Å². The number of carbonyl (C=O) groups excluding carboxylic acids is 2. The number of carboxylic acid groups (broad SMARTS) is 1. The molecule has 1 aliphatic carbocycles. The van der Waals surface area contributed by atoms with Crippen molar-refractivity contribution in [1.29, 1.82) is 0 Å². The number of nitrogens with zero attached hydrogens (tertiary/aromatic N) is 1. The van der Waals surface area contributed by atoms with Gasteiger partial charge in [0.1, 0.15) is 6.61 Å². The molecule has 1 aliphatic heterocycles. The van der Waals surface area contributed by atoms with Crippen LogP contribution in [0.3, 0.4) is 0 Å². The van der Waals surface area contributed by atoms with Crippen molar-refractivity contribution in [2.75, 3.05) is 18.1 Å². The summed E-state index contributed by atoms with van der Waals surface area (Å²) in [7, 11) is 0. The molecule has 5 rings (SSSR count). The Morgan fingerprint density at radius 2 is 1.69 bits per heavy atom. The van der Waals surface area contributed by atoms with Crippen molar-refractivity contribution in [3.8, 4) is 11.1 Å². The number of nitrogens with one attached hydrogen (secondary N) is 1. The van der Waals surface area contributed by atoms with Crippen molar-refractivity contribution in [2.24, 2.45) is 0 Å². The lowest BCUT2D eigenvalue weighted by molar-refractivity contribution is -0.118. The summed E-state index contributed by atoms with van der Waals surface area (Å²) in [5.41, 5.74) is 6.31. The van der Waals surface area contributed by atoms with E-state index in [1.165, 1.54) is 6.07 Å². The van der Waals surface area contributed by atoms with Crippen LogP contribution in [-0.4, -0.2) is 42.3 Å². The van der Waals surface area contributed by atoms with Gasteiger partial charge in [0.15, 0.2) is 0 Å². The van der Waals surface area contributed by atoms with Crippen molar-refractivity contribution in [1.82, 2.24) is 5.32 Å². The standard InChI is InChI=1S/C28H26N2O5/c1-17(14-26(31)30-13-12-18-10-11-19(27(32)33)15-25(18)30)29-28(34)35-16-24-22-8-4-2-6-20(22)21-7-3-5-9-23(21)24/h2-11,15,17,24H,12-14,16H2,1H3,(H,29,34)(H,32,33). The highest BCUT2D eigenvalue weighted by Crippen LogP contribution is 2.44. The number of benzene rings is 3. The van der Waals surface area contributed by atoms with Gasteiger partial charge in [0.05, 0.1) is 5.56 Å². The molecular weight excluding hydrogens is 444 g/mol. The summed E-state index contributed by atoms with van der Waals surface area (Å²) in [4.78, 5) is 38.3. The van der Waals surface area contributed by atoms with Crippen LogP contribution in [0.1, 0.15) is 46.3 Å². The van der Waals surface area contributed by atoms with Gasteiger partial charge in [-0.3, -0.25) is 4.79 Å². The number of hydrogen-bond donors (Lipinski definition) is 2. The quantitative estimate of drug-likeness (QED) is 0.549. The first kappa shape index (κ1) is 22.7. The number of carbonyl (C=O) groups is 3. The number of fused-ring (bicyclic) bond motifs is 4. The first-order valence-electron chi connectivity index (χ1n) is 11.7. The Hall–Kier alpha value is -4.13. The normalized spacial score (nSPS) is 14.6. The Balaban J connectivity index is 1.18. The average molecular weight is 471 g/mol. The van der Waals surface area contributed by atoms with E-state index in [9.17, 15) is 19.5 Å². The predicted octanol–water partition coefficient (Wildman–Crippen LogP) is 4.59. The zero-order valence-electron chi connectivity index (χ0n) is 19.4. The summed E-state index contributed by atoms with van der Waals surface area (Å²) in [5, 5.41) is 12.0. The molecule has 1 atom stereocenters. The lowest BCUT2D eigenvalue weighted by Gasteiger charge is -2.21. The minimum Gasteiger partial charge on any atom is -0.478 e. The number of alkyl carbamates (subject to hydrolysis) is 1. The Morgan fingerprint density at radius 1 is 1.03 bits per heavy atom. The highest BCUT2D eigenvalue weighted by Gasteiger charge is 2.30. The molecule has 0 fully saturated rings. The molecule has 0 radical (unpaired) electrons. The Morgan fingerprint density at radius 3 is 2.34 bits per heavy atom. The van der Waals surface area contributed by atoms with Crippen molar-refractivity contribution in [2.45, 2.75) is 31.7 Å². The van der Waals surface area contributed by atoms with Crippen LogP contribution in [-0.2, 0) is 16.0 Å². The summed E-state index contributed by atoms with van der Waals surface area (Å²) in [6, 6.07) is 20.7. The SMILES string of the molecule is CC(CC(=O)N1CCc2ccc(C(=O)O)cc21)NC(=O)OCC1c2ccccc2-c2ccccc21. The molecule has 35 heavy (non-hydrogen) atoms. The van der Waals surface area contributed by atoms with Gasteiger partial charge in [0.25, 0.3) is 0 Å². The molecule has 1 unspecified atom stereocenters. The second kappa shape index (κ2) is 9.25. The second-order valence-corrected chi connectivity index (χ2v) is 9.02. The molecule has 1 heterocycles. The fraction of sp³-hybridized carbons (Fsp3) is 0.250. The van der Waals surface area contributed by atoms with E-state index >= 15 is 0 Å². The number of carboxylic acids is 1. The van der Waals surface area contributed by atoms with E-state index in [1.54, 1.807) is 24.0 Å². The van der Waals surface area contributed by atoms with Gasteiger partial charge < -0.3 is 20.1 Å². The monoisotopic (exact) mass is 470 g/mol. The maximum absolute atomic E-state index is 12.9. The van der Waals surface area contributed by atoms with E-state index in [-0.39, 0.29) is 30.4 Å². The largest absolute Gasteiger partial charge is 0.478 e. The zero-order valence-corrected chi connectivity index (χ0v) is 19.4. The summed E-state index contributed by atoms with van der Waals surface area (Å²) in [6.07, 6.45) is 0.193. The van der Waals surface area contributed by atoms with Crippen molar-refractivity contribution in [3.05, 3.63) is 89.0 Å². The van der Waals surface area contributed by atoms with Gasteiger partial charge in [-0.25, -0.2) is 9.59 Å². The molecule has 2 N–H and O–H groups in total. The predicted molar refractivity (Wildman–Crippen MR) is 132 cm³/mol. The molecule has 2 amide bonds. The molecule has 0 saturated heterocycles. The number of anilines is 1. The van der Waals surface area contributed by atoms with Crippen molar-refractivity contribution in [3.63, 3.8) is 0 Å². The molecule has 2 aliphatic rings. The van der Waals surface area contributed by atoms with E-state index in [2.05, 4.69) is 29.6 Å².